The van der Waals surface area contributed by atoms with Gasteiger partial charge in [-0.1, -0.05) is 351 Å². The van der Waals surface area contributed by atoms with Crippen LogP contribution in [0.4, 0.5) is 0 Å². The lowest BCUT2D eigenvalue weighted by Crippen LogP contribution is -2.30. The number of hydrogen-bond donors (Lipinski definition) is 3. The lowest BCUT2D eigenvalue weighted by Gasteiger charge is -2.21. The molecule has 0 saturated carbocycles. The van der Waals surface area contributed by atoms with Crippen LogP contribution in [-0.4, -0.2) is 96.7 Å². The molecule has 0 bridgehead atoms. The van der Waals surface area contributed by atoms with Gasteiger partial charge in [-0.05, 0) is 49.4 Å². The summed E-state index contributed by atoms with van der Waals surface area (Å²) in [4.78, 5) is 72.8. The van der Waals surface area contributed by atoms with Gasteiger partial charge in [-0.25, -0.2) is 9.13 Å². The van der Waals surface area contributed by atoms with Crippen molar-refractivity contribution >= 4 is 39.5 Å². The lowest BCUT2D eigenvalue weighted by molar-refractivity contribution is -0.161. The van der Waals surface area contributed by atoms with Crippen LogP contribution in [0.3, 0.4) is 0 Å². The highest BCUT2D eigenvalue weighted by Gasteiger charge is 2.30. The molecule has 0 rings (SSSR count). The summed E-state index contributed by atoms with van der Waals surface area (Å²) in [6.07, 6.45) is 54.6. The van der Waals surface area contributed by atoms with Crippen molar-refractivity contribution in [2.45, 2.75) is 420 Å². The SMILES string of the molecule is CC(C)CCCCCCCCCCCCCCCCCCCCC(=O)O[C@H](COC(=O)CCCCCCCCC(C)C)COP(=O)(O)OCC(O)COP(=O)(O)OC[C@@H](COC(=O)CCCCCCCCC(C)C)OC(=O)CCCCCCCCCCCCCCCCCCC(C)C. The maximum Gasteiger partial charge on any atom is 0.472 e. The highest BCUT2D eigenvalue weighted by molar-refractivity contribution is 7.47. The molecule has 98 heavy (non-hydrogen) atoms. The summed E-state index contributed by atoms with van der Waals surface area (Å²) in [5.74, 6) is 0.866. The second-order valence-electron chi connectivity index (χ2n) is 30.4. The number of ether oxygens (including phenoxy) is 4. The molecule has 19 heteroatoms. The molecule has 0 spiro atoms. The topological polar surface area (TPSA) is 237 Å². The zero-order chi connectivity index (χ0) is 72.4. The number of carbonyl (C=O) groups excluding carboxylic acids is 4. The number of aliphatic hydroxyl groups is 1. The van der Waals surface area contributed by atoms with Gasteiger partial charge < -0.3 is 33.8 Å². The zero-order valence-electron chi connectivity index (χ0n) is 64.4. The Morgan fingerprint density at radius 2 is 0.429 bits per heavy atom. The van der Waals surface area contributed by atoms with Crippen LogP contribution in [0.2, 0.25) is 0 Å². The van der Waals surface area contributed by atoms with Gasteiger partial charge in [-0.3, -0.25) is 37.3 Å². The van der Waals surface area contributed by atoms with Crippen LogP contribution < -0.4 is 0 Å². The van der Waals surface area contributed by atoms with Crippen LogP contribution in [0, 0.1) is 23.7 Å². The second-order valence-corrected chi connectivity index (χ2v) is 33.3. The minimum absolute atomic E-state index is 0.106. The van der Waals surface area contributed by atoms with Gasteiger partial charge >= 0.3 is 39.5 Å². The largest absolute Gasteiger partial charge is 0.472 e. The molecule has 0 aromatic rings. The average molecular weight is 1440 g/mol. The van der Waals surface area contributed by atoms with Gasteiger partial charge in [0.1, 0.15) is 19.3 Å². The Labute approximate surface area is 600 Å². The number of rotatable bonds is 76. The van der Waals surface area contributed by atoms with E-state index in [2.05, 4.69) is 55.4 Å². The van der Waals surface area contributed by atoms with E-state index in [1.807, 2.05) is 0 Å². The molecule has 0 saturated heterocycles. The van der Waals surface area contributed by atoms with E-state index in [0.29, 0.717) is 37.5 Å². The summed E-state index contributed by atoms with van der Waals surface area (Å²) in [7, 11) is -9.91. The minimum atomic E-state index is -4.96. The summed E-state index contributed by atoms with van der Waals surface area (Å²) in [5.41, 5.74) is 0. The molecule has 0 heterocycles. The molecule has 0 radical (unpaired) electrons. The Bertz CT molecular complexity index is 1920. The molecule has 0 aromatic carbocycles. The summed E-state index contributed by atoms with van der Waals surface area (Å²) < 4.78 is 68.5. The van der Waals surface area contributed by atoms with Gasteiger partial charge in [0.05, 0.1) is 26.4 Å². The molecule has 0 aliphatic heterocycles. The molecular formula is C79H154O17P2. The molecular weight excluding hydrogens is 1280 g/mol. The van der Waals surface area contributed by atoms with Crippen molar-refractivity contribution < 1.29 is 80.2 Å². The zero-order valence-corrected chi connectivity index (χ0v) is 66.2. The number of esters is 4. The molecule has 0 aromatic heterocycles. The monoisotopic (exact) mass is 1440 g/mol. The number of unbranched alkanes of at least 4 members (excludes halogenated alkanes) is 42. The van der Waals surface area contributed by atoms with Crippen LogP contribution in [-0.2, 0) is 65.4 Å². The molecule has 0 fully saturated rings. The third-order valence-electron chi connectivity index (χ3n) is 18.3. The van der Waals surface area contributed by atoms with Crippen molar-refractivity contribution in [3.63, 3.8) is 0 Å². The summed E-state index contributed by atoms with van der Waals surface area (Å²) in [6, 6.07) is 0. The van der Waals surface area contributed by atoms with E-state index < -0.39 is 97.5 Å². The number of hydrogen-bond acceptors (Lipinski definition) is 15. The molecule has 582 valence electrons. The number of carbonyl (C=O) groups is 4. The predicted molar refractivity (Wildman–Crippen MR) is 400 cm³/mol. The quantitative estimate of drug-likeness (QED) is 0.0222. The van der Waals surface area contributed by atoms with E-state index >= 15 is 0 Å². The Morgan fingerprint density at radius 3 is 0.633 bits per heavy atom. The number of aliphatic hydroxyl groups excluding tert-OH is 1. The van der Waals surface area contributed by atoms with Crippen LogP contribution >= 0.6 is 15.6 Å². The number of phosphoric acid groups is 2. The smallest absolute Gasteiger partial charge is 0.462 e. The maximum absolute atomic E-state index is 13.1. The van der Waals surface area contributed by atoms with Crippen LogP contribution in [0.1, 0.15) is 402 Å². The van der Waals surface area contributed by atoms with E-state index in [0.717, 1.165) is 115 Å². The number of phosphoric ester groups is 2. The molecule has 0 aliphatic rings. The van der Waals surface area contributed by atoms with Gasteiger partial charge in [0.15, 0.2) is 12.2 Å². The third-order valence-corrected chi connectivity index (χ3v) is 20.2. The van der Waals surface area contributed by atoms with E-state index in [9.17, 15) is 43.2 Å². The highest BCUT2D eigenvalue weighted by Crippen LogP contribution is 2.45. The maximum atomic E-state index is 13.1. The first-order valence-electron chi connectivity index (χ1n) is 40.7. The molecule has 3 N–H and O–H groups in total. The fraction of sp³-hybridized carbons (Fsp3) is 0.949. The summed E-state index contributed by atoms with van der Waals surface area (Å²) in [5, 5.41) is 10.6. The van der Waals surface area contributed by atoms with Gasteiger partial charge in [0, 0.05) is 25.7 Å². The van der Waals surface area contributed by atoms with Crippen molar-refractivity contribution in [2.75, 3.05) is 39.6 Å². The molecule has 3 unspecified atom stereocenters. The predicted octanol–water partition coefficient (Wildman–Crippen LogP) is 23.2. The Balaban J connectivity index is 5.12. The van der Waals surface area contributed by atoms with E-state index in [1.165, 1.54) is 193 Å². The van der Waals surface area contributed by atoms with Gasteiger partial charge in [-0.15, -0.1) is 0 Å². The van der Waals surface area contributed by atoms with Crippen LogP contribution in [0.5, 0.6) is 0 Å². The van der Waals surface area contributed by atoms with Crippen molar-refractivity contribution in [1.82, 2.24) is 0 Å². The lowest BCUT2D eigenvalue weighted by atomic mass is 10.0. The Hall–Kier alpha value is -1.94. The molecule has 17 nitrogen and oxygen atoms in total. The van der Waals surface area contributed by atoms with Crippen molar-refractivity contribution in [3.05, 3.63) is 0 Å². The third kappa shape index (κ3) is 72.4. The van der Waals surface area contributed by atoms with Gasteiger partial charge in [-0.2, -0.15) is 0 Å². The highest BCUT2D eigenvalue weighted by atomic mass is 31.2. The van der Waals surface area contributed by atoms with Gasteiger partial charge in [0.25, 0.3) is 0 Å². The van der Waals surface area contributed by atoms with E-state index in [1.54, 1.807) is 0 Å². The van der Waals surface area contributed by atoms with E-state index in [-0.39, 0.29) is 25.7 Å². The normalized spacial score (nSPS) is 14.1. The van der Waals surface area contributed by atoms with Gasteiger partial charge in [0.2, 0.25) is 0 Å². The second kappa shape index (κ2) is 68.2. The van der Waals surface area contributed by atoms with Crippen molar-refractivity contribution in [3.8, 4) is 0 Å². The van der Waals surface area contributed by atoms with E-state index in [4.69, 9.17) is 37.0 Å². The standard InChI is InChI=1S/C79H154O17P2/c1-69(2)55-47-39-31-27-23-19-15-11-9-10-12-17-21-25-29-33-45-53-61-78(83)95-74(65-89-76(81)59-51-43-37-35-41-49-57-71(5)6)67-93-97(85,86)91-63-73(80)64-92-98(87,88)94-68-75(66-90-77(82)60-52-44-38-36-42-50-58-72(7)8)96-79(84)62-54-46-34-30-26-22-18-14-13-16-20-24-28-32-40-48-56-70(3)4/h69-75,80H,9-68H2,1-8H3,(H,85,86)(H,87,88)/t73?,74-,75-/m1/s1. The average Bonchev–Trinajstić information content (AvgIpc) is 0.931. The van der Waals surface area contributed by atoms with Crippen molar-refractivity contribution in [2.24, 2.45) is 23.7 Å². The Morgan fingerprint density at radius 1 is 0.255 bits per heavy atom. The van der Waals surface area contributed by atoms with Crippen LogP contribution in [0.25, 0.3) is 0 Å². The fourth-order valence-electron chi connectivity index (χ4n) is 12.1. The van der Waals surface area contributed by atoms with Crippen molar-refractivity contribution in [1.29, 1.82) is 0 Å². The first-order valence-corrected chi connectivity index (χ1v) is 43.7. The summed E-state index contributed by atoms with van der Waals surface area (Å²) >= 11 is 0. The Kier molecular flexibility index (Phi) is 66.8. The fourth-order valence-corrected chi connectivity index (χ4v) is 13.7. The first-order chi connectivity index (χ1) is 47.1. The van der Waals surface area contributed by atoms with Crippen LogP contribution in [0.15, 0.2) is 0 Å². The molecule has 0 aliphatic carbocycles. The minimum Gasteiger partial charge on any atom is -0.462 e. The first kappa shape index (κ1) is 96.1. The molecule has 5 atom stereocenters. The molecule has 0 amide bonds. The summed E-state index contributed by atoms with van der Waals surface area (Å²) in [6.45, 7) is 14.1.